The van der Waals surface area contributed by atoms with Crippen LogP contribution in [-0.4, -0.2) is 0 Å². The van der Waals surface area contributed by atoms with Gasteiger partial charge in [-0.25, -0.2) is 0 Å². The number of benzene rings is 6. The van der Waals surface area contributed by atoms with Gasteiger partial charge in [-0.15, -0.1) is 0 Å². The highest BCUT2D eigenvalue weighted by atomic mass is 16.2. The van der Waals surface area contributed by atoms with E-state index in [9.17, 15) is 19.2 Å². The molecule has 0 radical (unpaired) electrons. The van der Waals surface area contributed by atoms with Gasteiger partial charge < -0.3 is 0 Å². The van der Waals surface area contributed by atoms with E-state index in [1.54, 1.807) is 6.07 Å². The molecule has 0 bridgehead atoms. The average molecular weight is 388 g/mol. The molecule has 30 heavy (non-hydrogen) atoms. The third-order valence-electron chi connectivity index (χ3n) is 5.96. The van der Waals surface area contributed by atoms with E-state index in [0.29, 0.717) is 5.39 Å². The van der Waals surface area contributed by atoms with Crippen molar-refractivity contribution >= 4 is 53.9 Å². The van der Waals surface area contributed by atoms with Crippen LogP contribution in [0.4, 0.5) is 0 Å². The van der Waals surface area contributed by atoms with Crippen LogP contribution in [0.25, 0.3) is 53.9 Å². The SMILES string of the molecule is O=c1c(=O)c(=O)c2c(ccc3ccc4ccc5ccc6ccccc6c5c4c32)c1=O. The summed E-state index contributed by atoms with van der Waals surface area (Å²) in [6.07, 6.45) is 0. The summed E-state index contributed by atoms with van der Waals surface area (Å²) in [6, 6.07) is 23.0. The Kier molecular flexibility index (Phi) is 3.17. The van der Waals surface area contributed by atoms with Crippen LogP contribution >= 0.6 is 0 Å². The van der Waals surface area contributed by atoms with Crippen molar-refractivity contribution in [1.29, 1.82) is 0 Å². The van der Waals surface area contributed by atoms with E-state index >= 15 is 0 Å². The van der Waals surface area contributed by atoms with Crippen LogP contribution in [0.15, 0.2) is 92.0 Å². The smallest absolute Gasteiger partial charge is 0.277 e. The Morgan fingerprint density at radius 1 is 0.333 bits per heavy atom. The van der Waals surface area contributed by atoms with Gasteiger partial charge in [0.05, 0.1) is 0 Å². The molecule has 0 fully saturated rings. The molecule has 6 rings (SSSR count). The third kappa shape index (κ3) is 2.00. The van der Waals surface area contributed by atoms with E-state index in [1.165, 1.54) is 6.07 Å². The molecule has 0 heterocycles. The predicted octanol–water partition coefficient (Wildman–Crippen LogP) is 3.77. The Morgan fingerprint density at radius 2 is 0.833 bits per heavy atom. The Bertz CT molecular complexity index is 1910. The zero-order valence-electron chi connectivity index (χ0n) is 15.6. The number of hydrogen-bond donors (Lipinski definition) is 0. The first-order valence-corrected chi connectivity index (χ1v) is 9.54. The number of fused-ring (bicyclic) bond motifs is 9. The quantitative estimate of drug-likeness (QED) is 0.293. The molecule has 0 aliphatic heterocycles. The third-order valence-corrected chi connectivity index (χ3v) is 5.96. The van der Waals surface area contributed by atoms with Gasteiger partial charge in [-0.3, -0.25) is 19.2 Å². The van der Waals surface area contributed by atoms with E-state index < -0.39 is 21.7 Å². The van der Waals surface area contributed by atoms with Gasteiger partial charge in [-0.2, -0.15) is 0 Å². The fourth-order valence-electron chi connectivity index (χ4n) is 4.60. The lowest BCUT2D eigenvalue weighted by atomic mass is 9.90. The molecule has 0 atom stereocenters. The van der Waals surface area contributed by atoms with Crippen molar-refractivity contribution in [2.75, 3.05) is 0 Å². The zero-order valence-corrected chi connectivity index (χ0v) is 15.6. The van der Waals surface area contributed by atoms with Gasteiger partial charge in [0.25, 0.3) is 10.9 Å². The van der Waals surface area contributed by atoms with Gasteiger partial charge in [0.1, 0.15) is 0 Å². The fourth-order valence-corrected chi connectivity index (χ4v) is 4.60. The Morgan fingerprint density at radius 3 is 1.53 bits per heavy atom. The average Bonchev–Trinajstić information content (AvgIpc) is 2.79. The molecule has 0 saturated carbocycles. The minimum absolute atomic E-state index is 0.00170. The predicted molar refractivity (Wildman–Crippen MR) is 121 cm³/mol. The molecule has 4 heteroatoms. The molecule has 140 valence electrons. The maximum Gasteiger partial charge on any atom is 0.277 e. The Hall–Kier alpha value is -4.18. The molecule has 0 saturated heterocycles. The van der Waals surface area contributed by atoms with Crippen molar-refractivity contribution in [3.8, 4) is 0 Å². The summed E-state index contributed by atoms with van der Waals surface area (Å²) in [5.41, 5.74) is -4.35. The minimum Gasteiger partial charge on any atom is -0.285 e. The monoisotopic (exact) mass is 388 g/mol. The van der Waals surface area contributed by atoms with Crippen LogP contribution in [-0.2, 0) is 0 Å². The normalized spacial score (nSPS) is 11.9. The van der Waals surface area contributed by atoms with Crippen LogP contribution < -0.4 is 21.7 Å². The molecule has 0 aromatic heterocycles. The molecular weight excluding hydrogens is 376 g/mol. The van der Waals surface area contributed by atoms with E-state index in [2.05, 4.69) is 0 Å². The maximum atomic E-state index is 12.9. The second-order valence-corrected chi connectivity index (χ2v) is 7.52. The van der Waals surface area contributed by atoms with Crippen molar-refractivity contribution in [2.45, 2.75) is 0 Å². The summed E-state index contributed by atoms with van der Waals surface area (Å²) < 4.78 is 0. The van der Waals surface area contributed by atoms with Gasteiger partial charge in [0, 0.05) is 16.2 Å². The lowest BCUT2D eigenvalue weighted by molar-refractivity contribution is 1.40. The first-order valence-electron chi connectivity index (χ1n) is 9.54. The molecule has 0 aliphatic rings. The van der Waals surface area contributed by atoms with E-state index in [0.717, 1.165) is 37.7 Å². The molecule has 0 aliphatic carbocycles. The minimum atomic E-state index is -1.26. The summed E-state index contributed by atoms with van der Waals surface area (Å²) >= 11 is 0. The van der Waals surface area contributed by atoms with Gasteiger partial charge in [0.2, 0.25) is 10.9 Å². The highest BCUT2D eigenvalue weighted by Gasteiger charge is 2.18. The van der Waals surface area contributed by atoms with Crippen LogP contribution in [0.3, 0.4) is 0 Å². The zero-order chi connectivity index (χ0) is 20.6. The Balaban J connectivity index is 2.09. The summed E-state index contributed by atoms with van der Waals surface area (Å²) in [7, 11) is 0. The van der Waals surface area contributed by atoms with Crippen molar-refractivity contribution in [3.63, 3.8) is 0 Å². The van der Waals surface area contributed by atoms with E-state index in [4.69, 9.17) is 0 Å². The summed E-state index contributed by atoms with van der Waals surface area (Å²) in [5, 5.41) is 7.03. The molecule has 0 N–H and O–H groups in total. The van der Waals surface area contributed by atoms with E-state index in [1.807, 2.05) is 60.7 Å². The standard InChI is InChI=1S/C26H12O4/c27-23-18-12-11-16-10-9-15-8-7-14-6-5-13-3-1-2-4-17(13)19(14)20(15)21(16)22(18)24(28)26(30)25(23)29/h1-12H. The van der Waals surface area contributed by atoms with Crippen molar-refractivity contribution in [3.05, 3.63) is 114 Å². The fraction of sp³-hybridized carbons (Fsp3) is 0. The van der Waals surface area contributed by atoms with E-state index in [-0.39, 0.29) is 10.8 Å². The lowest BCUT2D eigenvalue weighted by Crippen LogP contribution is -2.46. The van der Waals surface area contributed by atoms with Crippen molar-refractivity contribution in [2.24, 2.45) is 0 Å². The largest absolute Gasteiger partial charge is 0.285 e. The molecule has 0 amide bonds. The second kappa shape index (κ2) is 5.67. The first kappa shape index (κ1) is 16.7. The highest BCUT2D eigenvalue weighted by Crippen LogP contribution is 2.38. The second-order valence-electron chi connectivity index (χ2n) is 7.52. The lowest BCUT2D eigenvalue weighted by Gasteiger charge is -2.12. The molecule has 6 aromatic rings. The summed E-state index contributed by atoms with van der Waals surface area (Å²) in [6.45, 7) is 0. The van der Waals surface area contributed by atoms with Crippen molar-refractivity contribution in [1.82, 2.24) is 0 Å². The summed E-state index contributed by atoms with van der Waals surface area (Å²) in [4.78, 5) is 49.6. The van der Waals surface area contributed by atoms with Gasteiger partial charge in [-0.1, -0.05) is 66.7 Å². The number of hydrogen-bond acceptors (Lipinski definition) is 4. The van der Waals surface area contributed by atoms with Gasteiger partial charge in [0.15, 0.2) is 0 Å². The van der Waals surface area contributed by atoms with Crippen LogP contribution in [0.2, 0.25) is 0 Å². The maximum absolute atomic E-state index is 12.9. The van der Waals surface area contributed by atoms with Crippen LogP contribution in [0.1, 0.15) is 0 Å². The topological polar surface area (TPSA) is 68.3 Å². The molecule has 6 aromatic carbocycles. The highest BCUT2D eigenvalue weighted by molar-refractivity contribution is 6.31. The molecular formula is C26H12O4. The van der Waals surface area contributed by atoms with Gasteiger partial charge in [-0.05, 0) is 43.8 Å². The number of rotatable bonds is 0. The van der Waals surface area contributed by atoms with Gasteiger partial charge >= 0.3 is 0 Å². The molecule has 0 spiro atoms. The van der Waals surface area contributed by atoms with Crippen molar-refractivity contribution < 1.29 is 0 Å². The molecule has 0 unspecified atom stereocenters. The molecule has 4 nitrogen and oxygen atoms in total. The summed E-state index contributed by atoms with van der Waals surface area (Å²) in [5.74, 6) is 0. The Labute approximate surface area is 167 Å². The van der Waals surface area contributed by atoms with Crippen LogP contribution in [0.5, 0.6) is 0 Å². The first-order chi connectivity index (χ1) is 14.6. The van der Waals surface area contributed by atoms with Crippen LogP contribution in [0, 0.1) is 0 Å².